The number of halogens is 1. The molecule has 4 heteroatoms. The summed E-state index contributed by atoms with van der Waals surface area (Å²) in [4.78, 5) is 0. The number of hydrogen-bond donors (Lipinski definition) is 2. The van der Waals surface area contributed by atoms with Gasteiger partial charge in [-0.1, -0.05) is 41.9 Å². The van der Waals surface area contributed by atoms with E-state index in [4.69, 9.17) is 4.74 Å². The lowest BCUT2D eigenvalue weighted by Crippen LogP contribution is -2.22. The summed E-state index contributed by atoms with van der Waals surface area (Å²) in [5.41, 5.74) is 2.11. The molecule has 0 heterocycles. The van der Waals surface area contributed by atoms with Crippen LogP contribution in [0, 0.1) is 0 Å². The first-order valence-corrected chi connectivity index (χ1v) is 7.76. The van der Waals surface area contributed by atoms with Crippen LogP contribution in [0.25, 0.3) is 0 Å². The fourth-order valence-electron chi connectivity index (χ4n) is 1.90. The summed E-state index contributed by atoms with van der Waals surface area (Å²) >= 11 is 3.56. The highest BCUT2D eigenvalue weighted by Gasteiger charge is 2.04. The van der Waals surface area contributed by atoms with Crippen LogP contribution in [0.4, 0.5) is 0 Å². The van der Waals surface area contributed by atoms with E-state index in [1.807, 2.05) is 30.3 Å². The molecule has 0 aliphatic rings. The normalized spacial score (nSPS) is 10.9. The molecule has 0 aromatic heterocycles. The molecule has 0 amide bonds. The zero-order valence-electron chi connectivity index (χ0n) is 12.3. The lowest BCUT2D eigenvalue weighted by atomic mass is 10.2. The van der Waals surface area contributed by atoms with E-state index in [0.717, 1.165) is 27.9 Å². The lowest BCUT2D eigenvalue weighted by molar-refractivity contribution is 0.305. The van der Waals surface area contributed by atoms with Gasteiger partial charge in [0.05, 0.1) is 0 Å². The molecular weight excluding hydrogens is 330 g/mol. The molecule has 112 valence electrons. The fourth-order valence-corrected chi connectivity index (χ4v) is 2.29. The van der Waals surface area contributed by atoms with Crippen molar-refractivity contribution in [3.8, 4) is 11.5 Å². The number of benzene rings is 2. The number of phenolic OH excluding ortho intramolecular Hbond substituents is 1. The Morgan fingerprint density at radius 2 is 2.00 bits per heavy atom. The Labute approximate surface area is 134 Å². The van der Waals surface area contributed by atoms with Gasteiger partial charge in [-0.25, -0.2) is 0 Å². The number of rotatable bonds is 6. The molecule has 0 saturated heterocycles. The van der Waals surface area contributed by atoms with Crippen LogP contribution in [0.1, 0.15) is 25.0 Å². The van der Waals surface area contributed by atoms with Crippen LogP contribution in [0.2, 0.25) is 0 Å². The van der Waals surface area contributed by atoms with Crippen LogP contribution in [0.15, 0.2) is 46.9 Å². The van der Waals surface area contributed by atoms with Crippen LogP contribution in [0.3, 0.4) is 0 Å². The van der Waals surface area contributed by atoms with Crippen LogP contribution < -0.4 is 10.1 Å². The third-order valence-corrected chi connectivity index (χ3v) is 3.81. The van der Waals surface area contributed by atoms with Gasteiger partial charge in [0.25, 0.3) is 0 Å². The van der Waals surface area contributed by atoms with Crippen molar-refractivity contribution in [2.24, 2.45) is 0 Å². The topological polar surface area (TPSA) is 41.5 Å². The Hall–Kier alpha value is -1.52. The third-order valence-electron chi connectivity index (χ3n) is 3.03. The van der Waals surface area contributed by atoms with E-state index < -0.39 is 0 Å². The second-order valence-electron chi connectivity index (χ2n) is 5.25. The molecule has 0 saturated carbocycles. The lowest BCUT2D eigenvalue weighted by Gasteiger charge is -2.12. The predicted octanol–water partition coefficient (Wildman–Crippen LogP) is 4.23. The Kier molecular flexibility index (Phi) is 5.65. The van der Waals surface area contributed by atoms with Gasteiger partial charge < -0.3 is 15.2 Å². The summed E-state index contributed by atoms with van der Waals surface area (Å²) in [6, 6.07) is 13.5. The largest absolute Gasteiger partial charge is 0.508 e. The molecule has 21 heavy (non-hydrogen) atoms. The molecule has 2 aromatic rings. The SMILES string of the molecule is CC(C)NCc1cc(OCc2cccc(O)c2)ccc1Br. The molecule has 0 radical (unpaired) electrons. The van der Waals surface area contributed by atoms with E-state index in [0.29, 0.717) is 12.6 Å². The maximum absolute atomic E-state index is 9.44. The Morgan fingerprint density at radius 1 is 1.19 bits per heavy atom. The van der Waals surface area contributed by atoms with Crippen molar-refractivity contribution in [3.63, 3.8) is 0 Å². The highest BCUT2D eigenvalue weighted by molar-refractivity contribution is 9.10. The molecule has 2 rings (SSSR count). The van der Waals surface area contributed by atoms with Crippen molar-refractivity contribution in [3.05, 3.63) is 58.1 Å². The quantitative estimate of drug-likeness (QED) is 0.819. The van der Waals surface area contributed by atoms with E-state index in [9.17, 15) is 5.11 Å². The average Bonchev–Trinajstić information content (AvgIpc) is 2.45. The van der Waals surface area contributed by atoms with E-state index in [2.05, 4.69) is 35.1 Å². The molecule has 2 aromatic carbocycles. The summed E-state index contributed by atoms with van der Waals surface area (Å²) in [7, 11) is 0. The van der Waals surface area contributed by atoms with Crippen molar-refractivity contribution >= 4 is 15.9 Å². The Morgan fingerprint density at radius 3 is 2.71 bits per heavy atom. The Balaban J connectivity index is 2.01. The first kappa shape index (κ1) is 15.9. The van der Waals surface area contributed by atoms with Crippen molar-refractivity contribution in [2.45, 2.75) is 33.0 Å². The smallest absolute Gasteiger partial charge is 0.120 e. The number of nitrogens with one attached hydrogen (secondary N) is 1. The molecular formula is C17H20BrNO2. The van der Waals surface area contributed by atoms with E-state index in [1.54, 1.807) is 12.1 Å². The Bertz CT molecular complexity index is 599. The zero-order chi connectivity index (χ0) is 15.2. The van der Waals surface area contributed by atoms with Gasteiger partial charge in [0.15, 0.2) is 0 Å². The molecule has 0 bridgehead atoms. The molecule has 2 N–H and O–H groups in total. The number of hydrogen-bond acceptors (Lipinski definition) is 3. The molecule has 0 fully saturated rings. The molecule has 0 aliphatic heterocycles. The molecule has 0 unspecified atom stereocenters. The fraction of sp³-hybridized carbons (Fsp3) is 0.294. The zero-order valence-corrected chi connectivity index (χ0v) is 13.9. The van der Waals surface area contributed by atoms with Crippen LogP contribution in [-0.2, 0) is 13.2 Å². The van der Waals surface area contributed by atoms with Crippen molar-refractivity contribution in [1.29, 1.82) is 0 Å². The van der Waals surface area contributed by atoms with Gasteiger partial charge in [0.2, 0.25) is 0 Å². The summed E-state index contributed by atoms with van der Waals surface area (Å²) in [5.74, 6) is 1.08. The predicted molar refractivity (Wildman–Crippen MR) is 88.6 cm³/mol. The summed E-state index contributed by atoms with van der Waals surface area (Å²) in [6.45, 7) is 5.47. The standard InChI is InChI=1S/C17H20BrNO2/c1-12(2)19-10-14-9-16(6-7-17(14)18)21-11-13-4-3-5-15(20)8-13/h3-9,12,19-20H,10-11H2,1-2H3. The second kappa shape index (κ2) is 7.48. The van der Waals surface area contributed by atoms with Crippen molar-refractivity contribution in [1.82, 2.24) is 5.32 Å². The second-order valence-corrected chi connectivity index (χ2v) is 6.10. The van der Waals surface area contributed by atoms with Gasteiger partial charge in [-0.3, -0.25) is 0 Å². The monoisotopic (exact) mass is 349 g/mol. The minimum absolute atomic E-state index is 0.258. The first-order valence-electron chi connectivity index (χ1n) is 6.97. The highest BCUT2D eigenvalue weighted by Crippen LogP contribution is 2.23. The van der Waals surface area contributed by atoms with Gasteiger partial charge in [-0.05, 0) is 41.5 Å². The molecule has 0 atom stereocenters. The third kappa shape index (κ3) is 5.06. The maximum atomic E-state index is 9.44. The van der Waals surface area contributed by atoms with Crippen molar-refractivity contribution < 1.29 is 9.84 Å². The van der Waals surface area contributed by atoms with Crippen LogP contribution in [0.5, 0.6) is 11.5 Å². The minimum atomic E-state index is 0.258. The van der Waals surface area contributed by atoms with Gasteiger partial charge in [0.1, 0.15) is 18.1 Å². The first-order chi connectivity index (χ1) is 10.0. The van der Waals surface area contributed by atoms with Gasteiger partial charge in [-0.2, -0.15) is 0 Å². The van der Waals surface area contributed by atoms with E-state index in [-0.39, 0.29) is 5.75 Å². The highest BCUT2D eigenvalue weighted by atomic mass is 79.9. The average molecular weight is 350 g/mol. The van der Waals surface area contributed by atoms with E-state index >= 15 is 0 Å². The molecule has 3 nitrogen and oxygen atoms in total. The van der Waals surface area contributed by atoms with Gasteiger partial charge in [0, 0.05) is 17.1 Å². The summed E-state index contributed by atoms with van der Waals surface area (Å²) in [5, 5.41) is 12.8. The maximum Gasteiger partial charge on any atom is 0.120 e. The number of aromatic hydroxyl groups is 1. The molecule has 0 aliphatic carbocycles. The van der Waals surface area contributed by atoms with Crippen LogP contribution >= 0.6 is 15.9 Å². The van der Waals surface area contributed by atoms with Crippen molar-refractivity contribution in [2.75, 3.05) is 0 Å². The van der Waals surface area contributed by atoms with E-state index in [1.165, 1.54) is 0 Å². The van der Waals surface area contributed by atoms with Crippen LogP contribution in [-0.4, -0.2) is 11.1 Å². The summed E-state index contributed by atoms with van der Waals surface area (Å²) in [6.07, 6.45) is 0. The minimum Gasteiger partial charge on any atom is -0.508 e. The number of ether oxygens (including phenoxy) is 1. The van der Waals surface area contributed by atoms with Gasteiger partial charge in [-0.15, -0.1) is 0 Å². The summed E-state index contributed by atoms with van der Waals surface area (Å²) < 4.78 is 6.86. The number of phenols is 1. The van der Waals surface area contributed by atoms with Gasteiger partial charge >= 0.3 is 0 Å². The molecule has 0 spiro atoms.